The van der Waals surface area contributed by atoms with Crippen LogP contribution in [-0.2, 0) is 6.18 Å². The molecule has 0 aliphatic carbocycles. The van der Waals surface area contributed by atoms with Gasteiger partial charge in [0.1, 0.15) is 10.8 Å². The van der Waals surface area contributed by atoms with Crippen molar-refractivity contribution >= 4 is 28.7 Å². The molecule has 3 nitrogen and oxygen atoms in total. The molecule has 3 N–H and O–H groups in total. The lowest BCUT2D eigenvalue weighted by Gasteiger charge is -2.14. The van der Waals surface area contributed by atoms with Crippen LogP contribution < -0.4 is 11.1 Å². The first kappa shape index (κ1) is 15.2. The molecule has 21 heavy (non-hydrogen) atoms. The Morgan fingerprint density at radius 2 is 1.90 bits per heavy atom. The normalized spacial score (nSPS) is 11.2. The minimum atomic E-state index is -4.45. The van der Waals surface area contributed by atoms with Crippen LogP contribution >= 0.6 is 12.2 Å². The van der Waals surface area contributed by atoms with Crippen LogP contribution in [0, 0.1) is 6.92 Å². The summed E-state index contributed by atoms with van der Waals surface area (Å²) in [5.41, 5.74) is 5.86. The SMILES string of the molecule is Cc1cc(C(N)=S)cc(Nc2ccccc2C(F)(F)F)n1. The van der Waals surface area contributed by atoms with Gasteiger partial charge in [-0.1, -0.05) is 24.4 Å². The van der Waals surface area contributed by atoms with E-state index in [2.05, 4.69) is 10.3 Å². The van der Waals surface area contributed by atoms with E-state index in [1.165, 1.54) is 24.3 Å². The number of thiocarbonyl (C=S) groups is 1. The summed E-state index contributed by atoms with van der Waals surface area (Å²) >= 11 is 4.87. The van der Waals surface area contributed by atoms with E-state index in [4.69, 9.17) is 18.0 Å². The Kier molecular flexibility index (Phi) is 4.13. The van der Waals surface area contributed by atoms with Crippen LogP contribution in [0.1, 0.15) is 16.8 Å². The maximum Gasteiger partial charge on any atom is 0.418 e. The summed E-state index contributed by atoms with van der Waals surface area (Å²) in [4.78, 5) is 4.30. The van der Waals surface area contributed by atoms with Crippen molar-refractivity contribution in [1.82, 2.24) is 4.98 Å². The second kappa shape index (κ2) is 5.69. The van der Waals surface area contributed by atoms with Crippen molar-refractivity contribution in [1.29, 1.82) is 0 Å². The molecule has 0 aliphatic rings. The average molecular weight is 311 g/mol. The maximum atomic E-state index is 12.9. The highest BCUT2D eigenvalue weighted by Gasteiger charge is 2.33. The maximum absolute atomic E-state index is 12.9. The summed E-state index contributed by atoms with van der Waals surface area (Å²) < 4.78 is 38.8. The predicted molar refractivity (Wildman–Crippen MR) is 79.6 cm³/mol. The number of alkyl halides is 3. The van der Waals surface area contributed by atoms with Gasteiger partial charge >= 0.3 is 6.18 Å². The Hall–Kier alpha value is -2.15. The molecule has 0 atom stereocenters. The number of anilines is 2. The van der Waals surface area contributed by atoms with E-state index in [-0.39, 0.29) is 16.5 Å². The number of hydrogen-bond acceptors (Lipinski definition) is 3. The lowest BCUT2D eigenvalue weighted by atomic mass is 10.1. The highest BCUT2D eigenvalue weighted by atomic mass is 32.1. The number of aryl methyl sites for hydroxylation is 1. The smallest absolute Gasteiger partial charge is 0.389 e. The number of benzene rings is 1. The number of pyridine rings is 1. The van der Waals surface area contributed by atoms with Gasteiger partial charge in [0.25, 0.3) is 0 Å². The van der Waals surface area contributed by atoms with Crippen LogP contribution in [0.25, 0.3) is 0 Å². The Morgan fingerprint density at radius 1 is 1.24 bits per heavy atom. The first-order valence-electron chi connectivity index (χ1n) is 5.99. The summed E-state index contributed by atoms with van der Waals surface area (Å²) in [5, 5.41) is 2.67. The molecule has 0 radical (unpaired) electrons. The van der Waals surface area contributed by atoms with Crippen LogP contribution in [0.4, 0.5) is 24.7 Å². The zero-order valence-electron chi connectivity index (χ0n) is 11.0. The third-order valence-corrected chi connectivity index (χ3v) is 2.97. The fourth-order valence-corrected chi connectivity index (χ4v) is 1.97. The van der Waals surface area contributed by atoms with Crippen molar-refractivity contribution in [3.63, 3.8) is 0 Å². The van der Waals surface area contributed by atoms with Crippen molar-refractivity contribution in [2.24, 2.45) is 5.73 Å². The van der Waals surface area contributed by atoms with Crippen LogP contribution in [0.3, 0.4) is 0 Å². The molecule has 7 heteroatoms. The first-order chi connectivity index (χ1) is 9.77. The van der Waals surface area contributed by atoms with E-state index in [1.54, 1.807) is 13.0 Å². The van der Waals surface area contributed by atoms with Crippen molar-refractivity contribution in [3.05, 3.63) is 53.2 Å². The Morgan fingerprint density at radius 3 is 2.52 bits per heavy atom. The second-order valence-corrected chi connectivity index (χ2v) is 4.85. The Bertz CT molecular complexity index is 683. The first-order valence-corrected chi connectivity index (χ1v) is 6.40. The van der Waals surface area contributed by atoms with Crippen molar-refractivity contribution in [3.8, 4) is 0 Å². The zero-order chi connectivity index (χ0) is 15.6. The van der Waals surface area contributed by atoms with E-state index in [9.17, 15) is 13.2 Å². The number of rotatable bonds is 3. The standard InChI is InChI=1S/C14H12F3N3S/c1-8-6-9(13(18)21)7-12(19-8)20-11-5-3-2-4-10(11)14(15,16)17/h2-7H,1H3,(H2,18,21)(H,19,20). The van der Waals surface area contributed by atoms with E-state index < -0.39 is 11.7 Å². The molecule has 0 aliphatic heterocycles. The summed E-state index contributed by atoms with van der Waals surface area (Å²) in [6, 6.07) is 8.38. The van der Waals surface area contributed by atoms with Crippen LogP contribution in [0.15, 0.2) is 36.4 Å². The molecule has 0 amide bonds. The van der Waals surface area contributed by atoms with Gasteiger partial charge in [-0.25, -0.2) is 4.98 Å². The topological polar surface area (TPSA) is 50.9 Å². The van der Waals surface area contributed by atoms with Crippen molar-refractivity contribution in [2.75, 3.05) is 5.32 Å². The van der Waals surface area contributed by atoms with Crippen LogP contribution in [-0.4, -0.2) is 9.97 Å². The van der Waals surface area contributed by atoms with E-state index in [0.29, 0.717) is 11.3 Å². The Balaban J connectivity index is 2.42. The molecule has 0 bridgehead atoms. The quantitative estimate of drug-likeness (QED) is 0.847. The van der Waals surface area contributed by atoms with Gasteiger partial charge in [-0.05, 0) is 31.2 Å². The largest absolute Gasteiger partial charge is 0.418 e. The van der Waals surface area contributed by atoms with Crippen LogP contribution in [0.5, 0.6) is 0 Å². The zero-order valence-corrected chi connectivity index (χ0v) is 11.8. The average Bonchev–Trinajstić information content (AvgIpc) is 2.37. The third-order valence-electron chi connectivity index (χ3n) is 2.73. The van der Waals surface area contributed by atoms with Gasteiger partial charge in [-0.2, -0.15) is 13.2 Å². The van der Waals surface area contributed by atoms with E-state index >= 15 is 0 Å². The number of nitrogens with one attached hydrogen (secondary N) is 1. The minimum Gasteiger partial charge on any atom is -0.389 e. The molecular weight excluding hydrogens is 299 g/mol. The highest BCUT2D eigenvalue weighted by molar-refractivity contribution is 7.80. The molecule has 0 unspecified atom stereocenters. The van der Waals surface area contributed by atoms with E-state index in [0.717, 1.165) is 6.07 Å². The van der Waals surface area contributed by atoms with Gasteiger partial charge in [0.05, 0.1) is 11.3 Å². The van der Waals surface area contributed by atoms with Gasteiger partial charge in [0, 0.05) is 11.3 Å². The molecule has 0 saturated carbocycles. The molecule has 2 rings (SSSR count). The fourth-order valence-electron chi connectivity index (χ4n) is 1.85. The highest BCUT2D eigenvalue weighted by Crippen LogP contribution is 2.35. The molecule has 0 saturated heterocycles. The molecule has 1 aromatic heterocycles. The monoisotopic (exact) mass is 311 g/mol. The van der Waals surface area contributed by atoms with Gasteiger partial charge in [0.2, 0.25) is 0 Å². The number of hydrogen-bond donors (Lipinski definition) is 2. The van der Waals surface area contributed by atoms with Gasteiger partial charge in [-0.15, -0.1) is 0 Å². The fraction of sp³-hybridized carbons (Fsp3) is 0.143. The molecular formula is C14H12F3N3S. The molecule has 0 fully saturated rings. The third kappa shape index (κ3) is 3.69. The number of nitrogens with zero attached hydrogens (tertiary/aromatic N) is 1. The molecule has 2 aromatic rings. The minimum absolute atomic E-state index is 0.0722. The number of nitrogens with two attached hydrogens (primary N) is 1. The second-order valence-electron chi connectivity index (χ2n) is 4.42. The van der Waals surface area contributed by atoms with Gasteiger partial charge in [0.15, 0.2) is 0 Å². The van der Waals surface area contributed by atoms with Gasteiger partial charge < -0.3 is 11.1 Å². The lowest BCUT2D eigenvalue weighted by Crippen LogP contribution is -2.12. The lowest BCUT2D eigenvalue weighted by molar-refractivity contribution is -0.136. The Labute approximate surface area is 125 Å². The van der Waals surface area contributed by atoms with Crippen molar-refractivity contribution < 1.29 is 13.2 Å². The van der Waals surface area contributed by atoms with Crippen molar-refractivity contribution in [2.45, 2.75) is 13.1 Å². The summed E-state index contributed by atoms with van der Waals surface area (Å²) in [7, 11) is 0. The van der Waals surface area contributed by atoms with Crippen LogP contribution in [0.2, 0.25) is 0 Å². The molecule has 1 aromatic carbocycles. The summed E-state index contributed by atoms with van der Waals surface area (Å²) in [6.45, 7) is 1.71. The number of aromatic nitrogens is 1. The van der Waals surface area contributed by atoms with Gasteiger partial charge in [-0.3, -0.25) is 0 Å². The summed E-state index contributed by atoms with van der Waals surface area (Å²) in [5.74, 6) is 0.259. The predicted octanol–water partition coefficient (Wildman–Crippen LogP) is 3.79. The number of para-hydroxylation sites is 1. The molecule has 110 valence electrons. The number of halogens is 3. The molecule has 0 spiro atoms. The molecule has 1 heterocycles. The summed E-state index contributed by atoms with van der Waals surface area (Å²) in [6.07, 6.45) is -4.45. The van der Waals surface area contributed by atoms with E-state index in [1.807, 2.05) is 0 Å².